The molecule has 2 aromatic rings. The fourth-order valence-electron chi connectivity index (χ4n) is 1.80. The average molecular weight is 359 g/mol. The normalized spacial score (nSPS) is 12.4. The van der Waals surface area contributed by atoms with Crippen LogP contribution in [0.1, 0.15) is 17.2 Å². The molecule has 0 radical (unpaired) electrons. The lowest BCUT2D eigenvalue weighted by Crippen LogP contribution is -2.08. The van der Waals surface area contributed by atoms with E-state index in [0.717, 1.165) is 9.37 Å². The molecule has 20 heavy (non-hydrogen) atoms. The van der Waals surface area contributed by atoms with Gasteiger partial charge in [-0.2, -0.15) is 0 Å². The molecule has 2 rings (SSSR count). The highest BCUT2D eigenvalue weighted by atomic mass is 79.9. The molecule has 1 nitrogen and oxygen atoms in total. The molecule has 1 unspecified atom stereocenters. The van der Waals surface area contributed by atoms with Gasteiger partial charge in [0.1, 0.15) is 11.6 Å². The maximum absolute atomic E-state index is 13.9. The van der Waals surface area contributed by atoms with Gasteiger partial charge in [0.2, 0.25) is 0 Å². The molecule has 106 valence electrons. The number of rotatable bonds is 4. The van der Waals surface area contributed by atoms with Crippen LogP contribution in [0, 0.1) is 18.6 Å². The molecule has 0 heterocycles. The van der Waals surface area contributed by atoms with Crippen LogP contribution in [0.2, 0.25) is 0 Å². The van der Waals surface area contributed by atoms with E-state index in [1.165, 1.54) is 23.9 Å². The minimum atomic E-state index is -1.18. The van der Waals surface area contributed by atoms with Crippen LogP contribution in [0.5, 0.6) is 0 Å². The number of benzene rings is 2. The summed E-state index contributed by atoms with van der Waals surface area (Å²) in [6, 6.07) is 10.1. The van der Waals surface area contributed by atoms with Crippen LogP contribution in [0.15, 0.2) is 45.8 Å². The predicted molar refractivity (Wildman–Crippen MR) is 80.9 cm³/mol. The van der Waals surface area contributed by atoms with Gasteiger partial charge in [-0.25, -0.2) is 8.78 Å². The van der Waals surface area contributed by atoms with Crippen LogP contribution in [0.25, 0.3) is 0 Å². The van der Waals surface area contributed by atoms with Crippen LogP contribution in [-0.4, -0.2) is 10.9 Å². The summed E-state index contributed by atoms with van der Waals surface area (Å²) in [6.45, 7) is 1.55. The molecule has 0 saturated carbocycles. The second-order valence-electron chi connectivity index (χ2n) is 4.38. The van der Waals surface area contributed by atoms with Crippen molar-refractivity contribution in [3.05, 3.63) is 63.6 Å². The SMILES string of the molecule is Cc1ccc(F)c(C(O)CSc2cccc(Br)c2)c1F. The second kappa shape index (κ2) is 6.70. The first-order valence-corrected chi connectivity index (χ1v) is 7.78. The zero-order valence-corrected chi connectivity index (χ0v) is 13.1. The number of halogens is 3. The largest absolute Gasteiger partial charge is 0.387 e. The Morgan fingerprint density at radius 2 is 2.00 bits per heavy atom. The Balaban J connectivity index is 2.13. The average Bonchev–Trinajstić information content (AvgIpc) is 2.41. The number of thioether (sulfide) groups is 1. The van der Waals surface area contributed by atoms with E-state index >= 15 is 0 Å². The molecule has 0 aliphatic heterocycles. The van der Waals surface area contributed by atoms with Crippen molar-refractivity contribution in [1.29, 1.82) is 0 Å². The molecule has 0 aliphatic rings. The third-order valence-corrected chi connectivity index (χ3v) is 4.42. The van der Waals surface area contributed by atoms with E-state index in [2.05, 4.69) is 15.9 Å². The fraction of sp³-hybridized carbons (Fsp3) is 0.200. The van der Waals surface area contributed by atoms with E-state index in [4.69, 9.17) is 0 Å². The minimum Gasteiger partial charge on any atom is -0.387 e. The summed E-state index contributed by atoms with van der Waals surface area (Å²) < 4.78 is 28.5. The zero-order valence-electron chi connectivity index (χ0n) is 10.7. The molecule has 1 atom stereocenters. The van der Waals surface area contributed by atoms with E-state index in [9.17, 15) is 13.9 Å². The van der Waals surface area contributed by atoms with Gasteiger partial charge < -0.3 is 5.11 Å². The highest BCUT2D eigenvalue weighted by Crippen LogP contribution is 2.29. The first kappa shape index (κ1) is 15.5. The Kier molecular flexibility index (Phi) is 5.18. The number of aliphatic hydroxyl groups is 1. The molecular formula is C15H13BrF2OS. The monoisotopic (exact) mass is 358 g/mol. The van der Waals surface area contributed by atoms with Gasteiger partial charge in [0, 0.05) is 15.1 Å². The first-order valence-electron chi connectivity index (χ1n) is 6.00. The lowest BCUT2D eigenvalue weighted by Gasteiger charge is -2.14. The Morgan fingerprint density at radius 1 is 1.25 bits per heavy atom. The lowest BCUT2D eigenvalue weighted by molar-refractivity contribution is 0.193. The first-order chi connectivity index (χ1) is 9.49. The van der Waals surface area contributed by atoms with Crippen molar-refractivity contribution in [2.75, 3.05) is 5.75 Å². The van der Waals surface area contributed by atoms with E-state index in [1.54, 1.807) is 6.92 Å². The maximum atomic E-state index is 13.9. The standard InChI is InChI=1S/C15H13BrF2OS/c1-9-5-6-12(17)14(15(9)18)13(19)8-20-11-4-2-3-10(16)7-11/h2-7,13,19H,8H2,1H3. The highest BCUT2D eigenvalue weighted by molar-refractivity contribution is 9.10. The molecule has 0 saturated heterocycles. The number of hydrogen-bond acceptors (Lipinski definition) is 2. The van der Waals surface area contributed by atoms with Crippen LogP contribution in [0.4, 0.5) is 8.78 Å². The van der Waals surface area contributed by atoms with Gasteiger partial charge in [0.25, 0.3) is 0 Å². The smallest absolute Gasteiger partial charge is 0.134 e. The van der Waals surface area contributed by atoms with Gasteiger partial charge in [0.15, 0.2) is 0 Å². The summed E-state index contributed by atoms with van der Waals surface area (Å²) in [6.07, 6.45) is -1.18. The molecule has 0 fully saturated rings. The van der Waals surface area contributed by atoms with Crippen LogP contribution in [-0.2, 0) is 0 Å². The Hall–Kier alpha value is -0.910. The van der Waals surface area contributed by atoms with Gasteiger partial charge in [-0.15, -0.1) is 11.8 Å². The lowest BCUT2D eigenvalue weighted by atomic mass is 10.1. The summed E-state index contributed by atoms with van der Waals surface area (Å²) in [4.78, 5) is 0.923. The summed E-state index contributed by atoms with van der Waals surface area (Å²) in [5.74, 6) is -1.20. The molecule has 0 bridgehead atoms. The van der Waals surface area contributed by atoms with Crippen LogP contribution < -0.4 is 0 Å². The van der Waals surface area contributed by atoms with Gasteiger partial charge >= 0.3 is 0 Å². The van der Waals surface area contributed by atoms with Crippen LogP contribution in [0.3, 0.4) is 0 Å². The quantitative estimate of drug-likeness (QED) is 0.787. The van der Waals surface area contributed by atoms with Gasteiger partial charge in [-0.05, 0) is 36.8 Å². The molecular weight excluding hydrogens is 346 g/mol. The van der Waals surface area contributed by atoms with Crippen molar-refractivity contribution >= 4 is 27.7 Å². The van der Waals surface area contributed by atoms with Gasteiger partial charge in [-0.1, -0.05) is 28.1 Å². The molecule has 0 aromatic heterocycles. The van der Waals surface area contributed by atoms with E-state index < -0.39 is 17.7 Å². The summed E-state index contributed by atoms with van der Waals surface area (Å²) in [5.41, 5.74) is 0.0698. The van der Waals surface area contributed by atoms with Crippen molar-refractivity contribution in [2.45, 2.75) is 17.9 Å². The van der Waals surface area contributed by atoms with E-state index in [1.807, 2.05) is 24.3 Å². The second-order valence-corrected chi connectivity index (χ2v) is 6.39. The zero-order chi connectivity index (χ0) is 14.7. The molecule has 0 amide bonds. The summed E-state index contributed by atoms with van der Waals surface area (Å²) >= 11 is 4.70. The van der Waals surface area contributed by atoms with Crippen molar-refractivity contribution in [1.82, 2.24) is 0 Å². The minimum absolute atomic E-state index is 0.188. The number of aryl methyl sites for hydroxylation is 1. The van der Waals surface area contributed by atoms with Gasteiger partial charge in [-0.3, -0.25) is 0 Å². The Morgan fingerprint density at radius 3 is 2.70 bits per heavy atom. The maximum Gasteiger partial charge on any atom is 0.134 e. The van der Waals surface area contributed by atoms with Crippen molar-refractivity contribution < 1.29 is 13.9 Å². The summed E-state index contributed by atoms with van der Waals surface area (Å²) in [7, 11) is 0. The number of aliphatic hydroxyl groups excluding tert-OH is 1. The van der Waals surface area contributed by atoms with E-state index in [0.29, 0.717) is 5.56 Å². The summed E-state index contributed by atoms with van der Waals surface area (Å²) in [5, 5.41) is 10.0. The van der Waals surface area contributed by atoms with Crippen molar-refractivity contribution in [2.24, 2.45) is 0 Å². The highest BCUT2D eigenvalue weighted by Gasteiger charge is 2.19. The topological polar surface area (TPSA) is 20.2 Å². The Bertz CT molecular complexity index is 619. The van der Waals surface area contributed by atoms with E-state index in [-0.39, 0.29) is 11.3 Å². The van der Waals surface area contributed by atoms with Crippen molar-refractivity contribution in [3.8, 4) is 0 Å². The molecule has 5 heteroatoms. The number of hydrogen-bond donors (Lipinski definition) is 1. The van der Waals surface area contributed by atoms with Crippen LogP contribution >= 0.6 is 27.7 Å². The molecule has 0 aliphatic carbocycles. The molecule has 2 aromatic carbocycles. The molecule has 1 N–H and O–H groups in total. The molecule has 0 spiro atoms. The fourth-order valence-corrected chi connectivity index (χ4v) is 3.25. The predicted octanol–water partition coefficient (Wildman–Crippen LogP) is 4.86. The third-order valence-electron chi connectivity index (χ3n) is 2.86. The Labute approximate surface area is 129 Å². The van der Waals surface area contributed by atoms with Crippen molar-refractivity contribution in [3.63, 3.8) is 0 Å². The third kappa shape index (κ3) is 3.59. The van der Waals surface area contributed by atoms with Gasteiger partial charge in [0.05, 0.1) is 11.7 Å².